The Morgan fingerprint density at radius 3 is 2.25 bits per heavy atom. The predicted octanol–water partition coefficient (Wildman–Crippen LogP) is 4.13. The Kier molecular flexibility index (Phi) is 15.1. The Morgan fingerprint density at radius 1 is 0.925 bits per heavy atom. The molecule has 1 heterocycles. The van der Waals surface area contributed by atoms with Gasteiger partial charge in [-0.2, -0.15) is 0 Å². The number of carboxylic acid groups (broad SMARTS) is 1. The van der Waals surface area contributed by atoms with Crippen molar-refractivity contribution in [3.63, 3.8) is 0 Å². The van der Waals surface area contributed by atoms with Crippen molar-refractivity contribution in [1.82, 2.24) is 20.9 Å². The Balaban J connectivity index is 1.59. The summed E-state index contributed by atoms with van der Waals surface area (Å²) in [6, 6.07) is 17.7. The highest BCUT2D eigenvalue weighted by Gasteiger charge is 2.35. The van der Waals surface area contributed by atoms with Crippen LogP contribution in [0.3, 0.4) is 0 Å². The number of hydrogen-bond donors (Lipinski definition) is 6. The maximum Gasteiger partial charge on any atom is 0.326 e. The van der Waals surface area contributed by atoms with Gasteiger partial charge >= 0.3 is 5.97 Å². The molecular weight excluding hydrogens is 672 g/mol. The molecule has 0 saturated carbocycles. The second-order valence-electron chi connectivity index (χ2n) is 13.9. The first-order chi connectivity index (χ1) is 25.4. The molecule has 4 rings (SSSR count). The first-order valence-electron chi connectivity index (χ1n) is 18.6. The van der Waals surface area contributed by atoms with E-state index in [2.05, 4.69) is 47.1 Å². The van der Waals surface area contributed by atoms with Gasteiger partial charge in [-0.1, -0.05) is 74.4 Å². The number of benzene rings is 3. The van der Waals surface area contributed by atoms with Crippen LogP contribution in [-0.2, 0) is 32.0 Å². The van der Waals surface area contributed by atoms with Gasteiger partial charge in [0.25, 0.3) is 11.8 Å². The van der Waals surface area contributed by atoms with E-state index in [0.717, 1.165) is 41.5 Å². The van der Waals surface area contributed by atoms with Crippen molar-refractivity contribution in [2.45, 2.75) is 102 Å². The van der Waals surface area contributed by atoms with Crippen molar-refractivity contribution < 1.29 is 29.1 Å². The van der Waals surface area contributed by atoms with Crippen LogP contribution in [-0.4, -0.2) is 71.4 Å². The van der Waals surface area contributed by atoms with E-state index >= 15 is 0 Å². The minimum absolute atomic E-state index is 0.203. The van der Waals surface area contributed by atoms with Crippen LogP contribution in [0.15, 0.2) is 66.7 Å². The van der Waals surface area contributed by atoms with E-state index in [1.807, 2.05) is 31.2 Å². The Labute approximate surface area is 312 Å². The van der Waals surface area contributed by atoms with Crippen LogP contribution in [0.25, 0.3) is 11.1 Å². The molecule has 12 heteroatoms. The number of carbonyl (C=O) groups excluding carboxylic acids is 4. The highest BCUT2D eigenvalue weighted by Crippen LogP contribution is 2.26. The summed E-state index contributed by atoms with van der Waals surface area (Å²) >= 11 is 0. The number of aliphatic carboxylic acids is 1. The number of hydrogen-bond acceptors (Lipinski definition) is 7. The molecule has 2 bridgehead atoms. The molecule has 0 saturated heterocycles. The molecule has 1 aliphatic heterocycles. The molecule has 3 aromatic carbocycles. The third-order valence-electron chi connectivity index (χ3n) is 9.86. The average molecular weight is 727 g/mol. The van der Waals surface area contributed by atoms with E-state index in [1.165, 1.54) is 17.5 Å². The van der Waals surface area contributed by atoms with Crippen LogP contribution in [0.2, 0.25) is 0 Å². The highest BCUT2D eigenvalue weighted by molar-refractivity contribution is 5.99. The molecule has 4 atom stereocenters. The van der Waals surface area contributed by atoms with E-state index in [9.17, 15) is 29.1 Å². The number of nitrogens with two attached hydrogens (primary N) is 2. The van der Waals surface area contributed by atoms with Crippen LogP contribution < -0.4 is 27.4 Å². The topological polar surface area (TPSA) is 197 Å². The largest absolute Gasteiger partial charge is 0.480 e. The molecule has 0 radical (unpaired) electrons. The summed E-state index contributed by atoms with van der Waals surface area (Å²) < 4.78 is 0. The first-order valence-corrected chi connectivity index (χ1v) is 18.6. The molecule has 1 aliphatic rings. The zero-order valence-electron chi connectivity index (χ0n) is 31.0. The number of unbranched alkanes of at least 4 members (excludes halogenated alkanes) is 2. The third kappa shape index (κ3) is 11.2. The lowest BCUT2D eigenvalue weighted by molar-refractivity contribution is -0.143. The van der Waals surface area contributed by atoms with E-state index in [0.29, 0.717) is 49.8 Å². The Hall–Kier alpha value is -5.07. The molecule has 12 nitrogen and oxygen atoms in total. The van der Waals surface area contributed by atoms with Gasteiger partial charge in [-0.15, -0.1) is 0 Å². The summed E-state index contributed by atoms with van der Waals surface area (Å²) in [5, 5.41) is 17.5. The number of carboxylic acids is 1. The molecule has 0 unspecified atom stereocenters. The van der Waals surface area contributed by atoms with Gasteiger partial charge in [0.05, 0.1) is 0 Å². The number of carbonyl (C=O) groups is 5. The lowest BCUT2D eigenvalue weighted by atomic mass is 9.94. The zero-order valence-corrected chi connectivity index (χ0v) is 31.0. The normalized spacial score (nSPS) is 18.5. The minimum Gasteiger partial charge on any atom is -0.480 e. The lowest BCUT2D eigenvalue weighted by Gasteiger charge is -2.32. The quantitative estimate of drug-likeness (QED) is 0.141. The fourth-order valence-corrected chi connectivity index (χ4v) is 6.59. The summed E-state index contributed by atoms with van der Waals surface area (Å²) in [6.45, 7) is 4.53. The number of likely N-dealkylation sites (N-methyl/N-ethyl adjacent to an activating group) is 1. The van der Waals surface area contributed by atoms with Gasteiger partial charge in [0.1, 0.15) is 18.1 Å². The highest BCUT2D eigenvalue weighted by atomic mass is 16.4. The standard InChI is InChI=1S/C41H54N6O6/c1-4-5-10-27-15-18-28(19-16-27)29-20-22-30(23-21-29)37(48)44-33(12-8-9-24-42)40(51)47(3)35-32-17-14-26(2)31(25-32)11-6-7-13-34(41(52)53)45-39(50)36(43)46-38(35)49/h14-23,25,33-36H,4-13,24,42-43H2,1-3H3,(H,44,48)(H,45,50)(H,46,49)(H,52,53)/t33-,34-,35-,36+/m0/s1. The fraction of sp³-hybridized carbons (Fsp3) is 0.439. The van der Waals surface area contributed by atoms with E-state index in [1.54, 1.807) is 18.2 Å². The Bertz CT molecular complexity index is 1730. The minimum atomic E-state index is -1.58. The molecule has 0 spiro atoms. The fourth-order valence-electron chi connectivity index (χ4n) is 6.59. The van der Waals surface area contributed by atoms with Gasteiger partial charge in [-0.25, -0.2) is 4.79 Å². The number of nitrogens with one attached hydrogen (secondary N) is 3. The van der Waals surface area contributed by atoms with Gasteiger partial charge in [0.15, 0.2) is 6.17 Å². The van der Waals surface area contributed by atoms with E-state index in [4.69, 9.17) is 11.5 Å². The monoisotopic (exact) mass is 726 g/mol. The van der Waals surface area contributed by atoms with Crippen LogP contribution in [0.1, 0.15) is 96.9 Å². The van der Waals surface area contributed by atoms with Crippen LogP contribution in [0.5, 0.6) is 0 Å². The summed E-state index contributed by atoms with van der Waals surface area (Å²) in [7, 11) is 1.48. The predicted molar refractivity (Wildman–Crippen MR) is 205 cm³/mol. The van der Waals surface area contributed by atoms with Crippen molar-refractivity contribution in [2.75, 3.05) is 13.6 Å². The van der Waals surface area contributed by atoms with Gasteiger partial charge in [0.2, 0.25) is 11.8 Å². The van der Waals surface area contributed by atoms with Crippen LogP contribution in [0, 0.1) is 6.92 Å². The van der Waals surface area contributed by atoms with Crippen molar-refractivity contribution in [3.05, 3.63) is 94.5 Å². The molecule has 4 amide bonds. The summed E-state index contributed by atoms with van der Waals surface area (Å²) in [6.07, 6.45) is 5.17. The molecule has 0 fully saturated rings. The maximum atomic E-state index is 14.3. The molecule has 8 N–H and O–H groups in total. The molecule has 3 aromatic rings. The van der Waals surface area contributed by atoms with Crippen molar-refractivity contribution in [2.24, 2.45) is 11.5 Å². The zero-order chi connectivity index (χ0) is 38.5. The van der Waals surface area contributed by atoms with Gasteiger partial charge in [0, 0.05) is 12.6 Å². The van der Waals surface area contributed by atoms with Gasteiger partial charge in [-0.05, 0) is 110 Å². The van der Waals surface area contributed by atoms with Crippen LogP contribution >= 0.6 is 0 Å². The average Bonchev–Trinajstić information content (AvgIpc) is 3.15. The number of rotatable bonds is 13. The number of amides is 4. The Morgan fingerprint density at radius 2 is 1.60 bits per heavy atom. The molecule has 0 aliphatic carbocycles. The van der Waals surface area contributed by atoms with Gasteiger partial charge in [-0.3, -0.25) is 19.2 Å². The van der Waals surface area contributed by atoms with Crippen molar-refractivity contribution in [3.8, 4) is 11.1 Å². The van der Waals surface area contributed by atoms with Crippen LogP contribution in [0.4, 0.5) is 0 Å². The first kappa shape index (κ1) is 40.7. The third-order valence-corrected chi connectivity index (χ3v) is 9.86. The molecule has 0 aromatic heterocycles. The number of fused-ring (bicyclic) bond motifs is 2. The molecule has 284 valence electrons. The number of nitrogens with zero attached hydrogens (tertiary/aromatic N) is 1. The lowest BCUT2D eigenvalue weighted by Crippen LogP contribution is -2.58. The SMILES string of the molecule is CCCCc1ccc(-c2ccc(C(=O)N[C@@H](CCCCN)C(=O)N(C)[C@@H]3C(=O)N[C@@H](N)C(=O)N[C@H](C(=O)O)CCCCc4cc3ccc4C)cc2)cc1. The summed E-state index contributed by atoms with van der Waals surface area (Å²) in [5.74, 6) is -3.74. The summed E-state index contributed by atoms with van der Waals surface area (Å²) in [4.78, 5) is 67.8. The second-order valence-corrected chi connectivity index (χ2v) is 13.9. The smallest absolute Gasteiger partial charge is 0.326 e. The number of aryl methyl sites for hydroxylation is 3. The van der Waals surface area contributed by atoms with E-state index in [-0.39, 0.29) is 12.8 Å². The van der Waals surface area contributed by atoms with E-state index < -0.39 is 53.9 Å². The second kappa shape index (κ2) is 19.7. The maximum absolute atomic E-state index is 14.3. The molecular formula is C41H54N6O6. The van der Waals surface area contributed by atoms with Crippen molar-refractivity contribution in [1.29, 1.82) is 0 Å². The van der Waals surface area contributed by atoms with Crippen molar-refractivity contribution >= 4 is 29.6 Å². The summed E-state index contributed by atoms with van der Waals surface area (Å²) in [5.41, 5.74) is 17.9. The molecule has 53 heavy (non-hydrogen) atoms. The van der Waals surface area contributed by atoms with Gasteiger partial charge < -0.3 is 37.4 Å².